The second kappa shape index (κ2) is 3.69. The second-order valence-corrected chi connectivity index (χ2v) is 4.15. The van der Waals surface area contributed by atoms with Crippen LogP contribution in [0.1, 0.15) is 31.4 Å². The fourth-order valence-electron chi connectivity index (χ4n) is 1.48. The highest BCUT2D eigenvalue weighted by molar-refractivity contribution is 6.30. The summed E-state index contributed by atoms with van der Waals surface area (Å²) >= 11 is 5.91. The zero-order valence-electron chi connectivity index (χ0n) is 7.76. The molecular formula is C11H14ClN. The molecule has 1 fully saturated rings. The van der Waals surface area contributed by atoms with Gasteiger partial charge >= 0.3 is 0 Å². The van der Waals surface area contributed by atoms with Crippen molar-refractivity contribution in [2.75, 3.05) is 0 Å². The molecule has 1 aliphatic carbocycles. The zero-order chi connectivity index (χ0) is 9.26. The van der Waals surface area contributed by atoms with Crippen molar-refractivity contribution < 1.29 is 0 Å². The maximum Gasteiger partial charge on any atom is 0.0409 e. The van der Waals surface area contributed by atoms with Gasteiger partial charge in [0.1, 0.15) is 0 Å². The molecule has 2 rings (SSSR count). The number of halogens is 1. The zero-order valence-corrected chi connectivity index (χ0v) is 8.51. The average molecular weight is 196 g/mol. The van der Waals surface area contributed by atoms with Crippen LogP contribution in [0.4, 0.5) is 0 Å². The number of rotatable bonds is 3. The minimum Gasteiger partial charge on any atom is -0.307 e. The van der Waals surface area contributed by atoms with E-state index in [2.05, 4.69) is 18.3 Å². The monoisotopic (exact) mass is 195 g/mol. The van der Waals surface area contributed by atoms with E-state index in [1.807, 2.05) is 18.2 Å². The highest BCUT2D eigenvalue weighted by Gasteiger charge is 2.23. The molecule has 0 saturated heterocycles. The van der Waals surface area contributed by atoms with E-state index in [4.69, 9.17) is 11.6 Å². The van der Waals surface area contributed by atoms with E-state index in [0.29, 0.717) is 6.04 Å². The Kier molecular flexibility index (Phi) is 2.56. The molecule has 13 heavy (non-hydrogen) atoms. The average Bonchev–Trinajstić information content (AvgIpc) is 2.88. The smallest absolute Gasteiger partial charge is 0.0409 e. The molecule has 1 atom stereocenters. The lowest BCUT2D eigenvalue weighted by molar-refractivity contribution is 0.571. The Morgan fingerprint density at radius 3 is 2.85 bits per heavy atom. The molecule has 0 bridgehead atoms. The van der Waals surface area contributed by atoms with Gasteiger partial charge in [0.05, 0.1) is 0 Å². The van der Waals surface area contributed by atoms with Crippen molar-refractivity contribution >= 4 is 11.6 Å². The summed E-state index contributed by atoms with van der Waals surface area (Å²) in [7, 11) is 0. The Hall–Kier alpha value is -0.530. The number of benzene rings is 1. The first kappa shape index (κ1) is 9.04. The van der Waals surface area contributed by atoms with Crippen molar-refractivity contribution in [3.05, 3.63) is 34.9 Å². The molecule has 0 radical (unpaired) electrons. The molecule has 1 aromatic rings. The van der Waals surface area contributed by atoms with Crippen LogP contribution < -0.4 is 5.32 Å². The summed E-state index contributed by atoms with van der Waals surface area (Å²) in [6.07, 6.45) is 2.65. The molecule has 2 heteroatoms. The molecule has 1 saturated carbocycles. The van der Waals surface area contributed by atoms with Crippen LogP contribution in [0.2, 0.25) is 5.02 Å². The molecule has 0 heterocycles. The minimum absolute atomic E-state index is 0.422. The normalized spacial score (nSPS) is 18.6. The fourth-order valence-corrected chi connectivity index (χ4v) is 1.67. The molecule has 1 nitrogen and oxygen atoms in total. The molecule has 0 spiro atoms. The van der Waals surface area contributed by atoms with Gasteiger partial charge in [-0.05, 0) is 37.5 Å². The molecule has 1 aromatic carbocycles. The first-order valence-electron chi connectivity index (χ1n) is 4.77. The van der Waals surface area contributed by atoms with Gasteiger partial charge in [0.25, 0.3) is 0 Å². The van der Waals surface area contributed by atoms with Crippen LogP contribution in [0, 0.1) is 0 Å². The third-order valence-electron chi connectivity index (χ3n) is 2.41. The topological polar surface area (TPSA) is 12.0 Å². The maximum atomic E-state index is 5.91. The minimum atomic E-state index is 0.422. The van der Waals surface area contributed by atoms with Gasteiger partial charge in [-0.3, -0.25) is 0 Å². The van der Waals surface area contributed by atoms with Crippen LogP contribution in [0.5, 0.6) is 0 Å². The summed E-state index contributed by atoms with van der Waals surface area (Å²) in [5, 5.41) is 4.36. The first-order valence-corrected chi connectivity index (χ1v) is 5.15. The lowest BCUT2D eigenvalue weighted by Crippen LogP contribution is -2.20. The lowest BCUT2D eigenvalue weighted by Gasteiger charge is -2.13. The Bertz CT molecular complexity index is 294. The van der Waals surface area contributed by atoms with E-state index in [0.717, 1.165) is 11.1 Å². The van der Waals surface area contributed by atoms with Crippen molar-refractivity contribution in [1.29, 1.82) is 0 Å². The van der Waals surface area contributed by atoms with Crippen LogP contribution in [0.25, 0.3) is 0 Å². The molecule has 0 amide bonds. The summed E-state index contributed by atoms with van der Waals surface area (Å²) in [6.45, 7) is 2.18. The van der Waals surface area contributed by atoms with Crippen molar-refractivity contribution in [1.82, 2.24) is 5.32 Å². The van der Waals surface area contributed by atoms with E-state index in [9.17, 15) is 0 Å². The van der Waals surface area contributed by atoms with Crippen LogP contribution in [-0.2, 0) is 0 Å². The van der Waals surface area contributed by atoms with Crippen molar-refractivity contribution in [3.63, 3.8) is 0 Å². The number of hydrogen-bond acceptors (Lipinski definition) is 1. The quantitative estimate of drug-likeness (QED) is 0.782. The van der Waals surface area contributed by atoms with Gasteiger partial charge in [-0.15, -0.1) is 0 Å². The van der Waals surface area contributed by atoms with Crippen LogP contribution >= 0.6 is 11.6 Å². The van der Waals surface area contributed by atoms with E-state index >= 15 is 0 Å². The fraction of sp³-hybridized carbons (Fsp3) is 0.455. The second-order valence-electron chi connectivity index (χ2n) is 3.72. The van der Waals surface area contributed by atoms with E-state index in [1.165, 1.54) is 18.4 Å². The highest BCUT2D eigenvalue weighted by atomic mass is 35.5. The summed E-state index contributed by atoms with van der Waals surface area (Å²) in [5.74, 6) is 0. The van der Waals surface area contributed by atoms with E-state index < -0.39 is 0 Å². The van der Waals surface area contributed by atoms with Gasteiger partial charge in [-0.25, -0.2) is 0 Å². The summed E-state index contributed by atoms with van der Waals surface area (Å²) < 4.78 is 0. The van der Waals surface area contributed by atoms with Crippen molar-refractivity contribution in [2.45, 2.75) is 31.8 Å². The van der Waals surface area contributed by atoms with Crippen molar-refractivity contribution in [2.24, 2.45) is 0 Å². The molecule has 0 unspecified atom stereocenters. The molecular weight excluding hydrogens is 182 g/mol. The van der Waals surface area contributed by atoms with E-state index in [-0.39, 0.29) is 0 Å². The standard InChI is InChI=1S/C11H14ClN/c1-8(13-11-5-6-11)9-3-2-4-10(12)7-9/h2-4,7-8,11,13H,5-6H2,1H3/t8-/m0/s1. The molecule has 1 aliphatic rings. The van der Waals surface area contributed by atoms with Gasteiger partial charge in [0, 0.05) is 17.1 Å². The SMILES string of the molecule is C[C@H](NC1CC1)c1cccc(Cl)c1. The van der Waals surface area contributed by atoms with Crippen LogP contribution in [0.15, 0.2) is 24.3 Å². The van der Waals surface area contributed by atoms with Gasteiger partial charge < -0.3 is 5.32 Å². The third kappa shape index (κ3) is 2.45. The summed E-state index contributed by atoms with van der Waals surface area (Å²) in [5.41, 5.74) is 1.28. The number of nitrogens with one attached hydrogen (secondary N) is 1. The first-order chi connectivity index (χ1) is 6.25. The maximum absolute atomic E-state index is 5.91. The van der Waals surface area contributed by atoms with E-state index in [1.54, 1.807) is 0 Å². The largest absolute Gasteiger partial charge is 0.307 e. The highest BCUT2D eigenvalue weighted by Crippen LogP contribution is 2.24. The Labute approximate surface area is 84.1 Å². The predicted octanol–water partition coefficient (Wildman–Crippen LogP) is 3.15. The molecule has 0 aromatic heterocycles. The van der Waals surface area contributed by atoms with Crippen LogP contribution in [-0.4, -0.2) is 6.04 Å². The lowest BCUT2D eigenvalue weighted by atomic mass is 10.1. The molecule has 1 N–H and O–H groups in total. The molecule has 70 valence electrons. The van der Waals surface area contributed by atoms with Gasteiger partial charge in [0.2, 0.25) is 0 Å². The Morgan fingerprint density at radius 2 is 2.23 bits per heavy atom. The van der Waals surface area contributed by atoms with Gasteiger partial charge in [-0.2, -0.15) is 0 Å². The van der Waals surface area contributed by atoms with Gasteiger partial charge in [0.15, 0.2) is 0 Å². The Morgan fingerprint density at radius 1 is 1.46 bits per heavy atom. The predicted molar refractivity (Wildman–Crippen MR) is 56.0 cm³/mol. The molecule has 0 aliphatic heterocycles. The summed E-state index contributed by atoms with van der Waals surface area (Å²) in [4.78, 5) is 0. The Balaban J connectivity index is 2.04. The summed E-state index contributed by atoms with van der Waals surface area (Å²) in [6, 6.07) is 9.23. The van der Waals surface area contributed by atoms with Crippen molar-refractivity contribution in [3.8, 4) is 0 Å². The third-order valence-corrected chi connectivity index (χ3v) is 2.65. The van der Waals surface area contributed by atoms with Gasteiger partial charge in [-0.1, -0.05) is 23.7 Å². The van der Waals surface area contributed by atoms with Crippen LogP contribution in [0.3, 0.4) is 0 Å². The number of hydrogen-bond donors (Lipinski definition) is 1.